The van der Waals surface area contributed by atoms with Crippen LogP contribution < -0.4 is 10.6 Å². The van der Waals surface area contributed by atoms with E-state index in [-0.39, 0.29) is 0 Å². The molecule has 0 radical (unpaired) electrons. The lowest BCUT2D eigenvalue weighted by Gasteiger charge is -2.11. The first-order valence-electron chi connectivity index (χ1n) is 7.38. The molecule has 1 aromatic heterocycles. The molecule has 0 fully saturated rings. The topological polar surface area (TPSA) is 29.0 Å². The van der Waals surface area contributed by atoms with Crippen LogP contribution >= 0.6 is 28.1 Å². The predicted molar refractivity (Wildman–Crippen MR) is 105 cm³/mol. The van der Waals surface area contributed by atoms with Crippen molar-refractivity contribution in [1.29, 1.82) is 0 Å². The second-order valence-corrected chi connectivity index (χ2v) is 6.88. The molecule has 1 heterocycles. The van der Waals surface area contributed by atoms with Crippen LogP contribution in [0.5, 0.6) is 0 Å². The molecule has 23 heavy (non-hydrogen) atoms. The molecule has 0 saturated carbocycles. The van der Waals surface area contributed by atoms with Crippen molar-refractivity contribution in [1.82, 2.24) is 9.88 Å². The van der Waals surface area contributed by atoms with Crippen molar-refractivity contribution in [3.63, 3.8) is 0 Å². The van der Waals surface area contributed by atoms with Crippen LogP contribution in [0.25, 0.3) is 10.9 Å². The highest BCUT2D eigenvalue weighted by Crippen LogP contribution is 2.20. The van der Waals surface area contributed by atoms with Crippen LogP contribution in [0.1, 0.15) is 11.3 Å². The zero-order chi connectivity index (χ0) is 16.4. The Morgan fingerprint density at radius 1 is 1.17 bits per heavy atom. The average molecular weight is 388 g/mol. The largest absolute Gasteiger partial charge is 0.358 e. The summed E-state index contributed by atoms with van der Waals surface area (Å²) in [5.41, 5.74) is 4.69. The molecule has 0 bridgehead atoms. The van der Waals surface area contributed by atoms with Crippen LogP contribution in [0.4, 0.5) is 5.69 Å². The predicted octanol–water partition coefficient (Wildman–Crippen LogP) is 4.74. The maximum atomic E-state index is 5.36. The van der Waals surface area contributed by atoms with Gasteiger partial charge in [0.05, 0.1) is 0 Å². The number of fused-ring (bicyclic) bond motifs is 1. The van der Waals surface area contributed by atoms with Crippen LogP contribution in [0, 0.1) is 6.92 Å². The van der Waals surface area contributed by atoms with Crippen LogP contribution in [0.15, 0.2) is 53.0 Å². The Bertz CT molecular complexity index is 870. The monoisotopic (exact) mass is 387 g/mol. The molecule has 0 saturated heterocycles. The third-order valence-electron chi connectivity index (χ3n) is 3.88. The first-order valence-corrected chi connectivity index (χ1v) is 8.58. The van der Waals surface area contributed by atoms with Crippen LogP contribution in [-0.2, 0) is 13.6 Å². The number of hydrogen-bond acceptors (Lipinski definition) is 1. The Hall–Kier alpha value is -1.85. The third-order valence-corrected chi connectivity index (χ3v) is 4.62. The number of aromatic nitrogens is 1. The van der Waals surface area contributed by atoms with Gasteiger partial charge in [0.2, 0.25) is 0 Å². The molecule has 3 aromatic rings. The standard InChI is InChI=1S/C18H18BrN3S/c1-12-8-14-9-13(6-7-17(14)22(12)2)11-20-18(23)21-16-5-3-4-15(19)10-16/h3-10H,11H2,1-2H3,(H2,20,21,23). The molecular weight excluding hydrogens is 370 g/mol. The molecule has 2 N–H and O–H groups in total. The summed E-state index contributed by atoms with van der Waals surface area (Å²) in [6.07, 6.45) is 0. The van der Waals surface area contributed by atoms with Crippen molar-refractivity contribution in [3.8, 4) is 0 Å². The highest BCUT2D eigenvalue weighted by Gasteiger charge is 2.04. The highest BCUT2D eigenvalue weighted by atomic mass is 79.9. The lowest BCUT2D eigenvalue weighted by Crippen LogP contribution is -2.27. The second kappa shape index (κ2) is 6.72. The van der Waals surface area contributed by atoms with E-state index in [1.54, 1.807) is 0 Å². The molecule has 0 unspecified atom stereocenters. The molecule has 5 heteroatoms. The van der Waals surface area contributed by atoms with E-state index in [4.69, 9.17) is 12.2 Å². The quantitative estimate of drug-likeness (QED) is 0.636. The van der Waals surface area contributed by atoms with Crippen molar-refractivity contribution in [2.24, 2.45) is 7.05 Å². The summed E-state index contributed by atoms with van der Waals surface area (Å²) in [6.45, 7) is 2.82. The fourth-order valence-electron chi connectivity index (χ4n) is 2.57. The lowest BCUT2D eigenvalue weighted by atomic mass is 10.1. The van der Waals surface area contributed by atoms with Gasteiger partial charge in [0.15, 0.2) is 5.11 Å². The summed E-state index contributed by atoms with van der Waals surface area (Å²) in [5.74, 6) is 0. The van der Waals surface area contributed by atoms with Crippen LogP contribution in [0.2, 0.25) is 0 Å². The lowest BCUT2D eigenvalue weighted by molar-refractivity contribution is 0.913. The number of nitrogens with zero attached hydrogens (tertiary/aromatic N) is 1. The van der Waals surface area contributed by atoms with E-state index in [0.717, 1.165) is 10.2 Å². The molecule has 3 rings (SSSR count). The first-order chi connectivity index (χ1) is 11.0. The average Bonchev–Trinajstić information content (AvgIpc) is 2.80. The van der Waals surface area contributed by atoms with Gasteiger partial charge in [-0.05, 0) is 61.1 Å². The summed E-state index contributed by atoms with van der Waals surface area (Å²) >= 11 is 8.81. The molecule has 0 spiro atoms. The van der Waals surface area contributed by atoms with Gasteiger partial charge in [-0.25, -0.2) is 0 Å². The minimum absolute atomic E-state index is 0.618. The molecule has 0 aliphatic heterocycles. The smallest absolute Gasteiger partial charge is 0.171 e. The number of anilines is 1. The molecule has 0 aliphatic carbocycles. The minimum atomic E-state index is 0.618. The molecule has 0 aliphatic rings. The Morgan fingerprint density at radius 2 is 2.00 bits per heavy atom. The van der Waals surface area contributed by atoms with Gasteiger partial charge >= 0.3 is 0 Å². The van der Waals surface area contributed by atoms with Gasteiger partial charge in [-0.3, -0.25) is 0 Å². The third kappa shape index (κ3) is 3.74. The maximum absolute atomic E-state index is 5.36. The number of thiocarbonyl (C=S) groups is 1. The SMILES string of the molecule is Cc1cc2cc(CNC(=S)Nc3cccc(Br)c3)ccc2n1C. The van der Waals surface area contributed by atoms with Gasteiger partial charge in [0.25, 0.3) is 0 Å². The number of hydrogen-bond donors (Lipinski definition) is 2. The molecule has 0 atom stereocenters. The normalized spacial score (nSPS) is 10.7. The fraction of sp³-hybridized carbons (Fsp3) is 0.167. The summed E-state index contributed by atoms with van der Waals surface area (Å²) in [5, 5.41) is 8.32. The number of nitrogens with one attached hydrogen (secondary N) is 2. The van der Waals surface area contributed by atoms with E-state index >= 15 is 0 Å². The summed E-state index contributed by atoms with van der Waals surface area (Å²) in [4.78, 5) is 0. The van der Waals surface area contributed by atoms with Gasteiger partial charge in [-0.2, -0.15) is 0 Å². The molecule has 2 aromatic carbocycles. The first kappa shape index (κ1) is 16.0. The van der Waals surface area contributed by atoms with E-state index in [2.05, 4.69) is 69.4 Å². The maximum Gasteiger partial charge on any atom is 0.171 e. The number of rotatable bonds is 3. The Morgan fingerprint density at radius 3 is 2.78 bits per heavy atom. The Kier molecular flexibility index (Phi) is 4.68. The summed E-state index contributed by atoms with van der Waals surface area (Å²) in [7, 11) is 2.09. The second-order valence-electron chi connectivity index (χ2n) is 5.56. The van der Waals surface area contributed by atoms with Crippen LogP contribution in [-0.4, -0.2) is 9.68 Å². The molecule has 0 amide bonds. The van der Waals surface area contributed by atoms with E-state index in [9.17, 15) is 0 Å². The number of aryl methyl sites for hydroxylation is 2. The van der Waals surface area contributed by atoms with E-state index in [1.165, 1.54) is 22.2 Å². The van der Waals surface area contributed by atoms with E-state index in [0.29, 0.717) is 11.7 Å². The minimum Gasteiger partial charge on any atom is -0.358 e. The Labute approximate surface area is 149 Å². The van der Waals surface area contributed by atoms with E-state index < -0.39 is 0 Å². The highest BCUT2D eigenvalue weighted by molar-refractivity contribution is 9.10. The zero-order valence-corrected chi connectivity index (χ0v) is 15.5. The van der Waals surface area contributed by atoms with Gasteiger partial charge in [-0.15, -0.1) is 0 Å². The van der Waals surface area contributed by atoms with Crippen molar-refractivity contribution in [2.45, 2.75) is 13.5 Å². The van der Waals surface area contributed by atoms with E-state index in [1.807, 2.05) is 24.3 Å². The molecular formula is C18H18BrN3S. The van der Waals surface area contributed by atoms with Crippen molar-refractivity contribution >= 4 is 49.9 Å². The number of benzene rings is 2. The zero-order valence-electron chi connectivity index (χ0n) is 13.1. The summed E-state index contributed by atoms with van der Waals surface area (Å²) in [6, 6.07) is 16.6. The van der Waals surface area contributed by atoms with Gasteiger partial charge in [-0.1, -0.05) is 28.1 Å². The number of halogens is 1. The van der Waals surface area contributed by atoms with Gasteiger partial charge in [0, 0.05) is 40.3 Å². The van der Waals surface area contributed by atoms with Crippen molar-refractivity contribution in [2.75, 3.05) is 5.32 Å². The van der Waals surface area contributed by atoms with Gasteiger partial charge in [0.1, 0.15) is 0 Å². The van der Waals surface area contributed by atoms with Crippen molar-refractivity contribution in [3.05, 3.63) is 64.3 Å². The van der Waals surface area contributed by atoms with Crippen molar-refractivity contribution < 1.29 is 0 Å². The summed E-state index contributed by atoms with van der Waals surface area (Å²) < 4.78 is 3.22. The fourth-order valence-corrected chi connectivity index (χ4v) is 3.16. The molecule has 118 valence electrons. The van der Waals surface area contributed by atoms with Crippen LogP contribution in [0.3, 0.4) is 0 Å². The Balaban J connectivity index is 1.64. The van der Waals surface area contributed by atoms with Gasteiger partial charge < -0.3 is 15.2 Å². The molecule has 3 nitrogen and oxygen atoms in total.